The molecular formula is C20H20N6O5S. The molecule has 3 aromatic rings. The lowest BCUT2D eigenvalue weighted by Crippen LogP contribution is -2.49. The van der Waals surface area contributed by atoms with Crippen LogP contribution in [0.1, 0.15) is 19.3 Å². The Hall–Kier alpha value is -3.64. The van der Waals surface area contributed by atoms with E-state index >= 15 is 0 Å². The Morgan fingerprint density at radius 3 is 2.56 bits per heavy atom. The van der Waals surface area contributed by atoms with Gasteiger partial charge in [0, 0.05) is 31.1 Å². The maximum atomic E-state index is 13.2. The summed E-state index contributed by atoms with van der Waals surface area (Å²) in [5, 5.41) is 17.7. The molecule has 12 heteroatoms. The van der Waals surface area contributed by atoms with Crippen molar-refractivity contribution in [3.05, 3.63) is 71.2 Å². The summed E-state index contributed by atoms with van der Waals surface area (Å²) < 4.78 is 29.1. The number of amides is 1. The molecule has 32 heavy (non-hydrogen) atoms. The van der Waals surface area contributed by atoms with Crippen LogP contribution in [0.25, 0.3) is 5.82 Å². The predicted octanol–water partition coefficient (Wildman–Crippen LogP) is 2.36. The van der Waals surface area contributed by atoms with Crippen molar-refractivity contribution in [3.8, 4) is 5.82 Å². The highest BCUT2D eigenvalue weighted by Crippen LogP contribution is 2.27. The molecule has 1 aromatic carbocycles. The lowest BCUT2D eigenvalue weighted by molar-refractivity contribution is -0.384. The number of piperidine rings is 1. The maximum Gasteiger partial charge on any atom is 0.269 e. The number of benzene rings is 1. The number of rotatable bonds is 6. The summed E-state index contributed by atoms with van der Waals surface area (Å²) in [7, 11) is -4.00. The predicted molar refractivity (Wildman–Crippen MR) is 115 cm³/mol. The molecule has 0 saturated carbocycles. The Morgan fingerprint density at radius 1 is 1.16 bits per heavy atom. The third-order valence-corrected chi connectivity index (χ3v) is 7.09. The van der Waals surface area contributed by atoms with Crippen LogP contribution in [0, 0.1) is 10.1 Å². The molecule has 1 atom stereocenters. The van der Waals surface area contributed by atoms with Gasteiger partial charge in [0.25, 0.3) is 5.69 Å². The first-order valence-electron chi connectivity index (χ1n) is 9.89. The largest absolute Gasteiger partial charge is 0.323 e. The molecule has 1 N–H and O–H groups in total. The summed E-state index contributed by atoms with van der Waals surface area (Å²) in [4.78, 5) is 27.4. The van der Waals surface area contributed by atoms with Crippen LogP contribution in [0.15, 0.2) is 66.0 Å². The minimum atomic E-state index is -4.00. The second kappa shape index (κ2) is 8.85. The number of nitrogens with one attached hydrogen (secondary N) is 1. The van der Waals surface area contributed by atoms with E-state index in [9.17, 15) is 23.3 Å². The van der Waals surface area contributed by atoms with Crippen LogP contribution in [-0.4, -0.2) is 50.9 Å². The zero-order chi connectivity index (χ0) is 22.7. The monoisotopic (exact) mass is 456 g/mol. The van der Waals surface area contributed by atoms with E-state index in [0.717, 1.165) is 12.1 Å². The Balaban J connectivity index is 1.52. The zero-order valence-electron chi connectivity index (χ0n) is 16.9. The number of nitro groups is 1. The molecule has 2 aromatic heterocycles. The van der Waals surface area contributed by atoms with E-state index in [1.807, 2.05) is 0 Å². The van der Waals surface area contributed by atoms with Crippen molar-refractivity contribution < 1.29 is 18.1 Å². The first-order valence-corrected chi connectivity index (χ1v) is 11.3. The number of hydrogen-bond acceptors (Lipinski definition) is 7. The molecule has 1 saturated heterocycles. The highest BCUT2D eigenvalue weighted by Gasteiger charge is 2.37. The molecule has 0 radical (unpaired) electrons. The second-order valence-electron chi connectivity index (χ2n) is 7.22. The van der Waals surface area contributed by atoms with Crippen LogP contribution in [0.3, 0.4) is 0 Å². The number of carbonyl (C=O) groups excluding carboxylic acids is 1. The first kappa shape index (κ1) is 21.6. The van der Waals surface area contributed by atoms with Gasteiger partial charge in [0.2, 0.25) is 15.9 Å². The van der Waals surface area contributed by atoms with Crippen molar-refractivity contribution in [2.75, 3.05) is 11.9 Å². The fourth-order valence-corrected chi connectivity index (χ4v) is 5.21. The van der Waals surface area contributed by atoms with Crippen LogP contribution < -0.4 is 5.32 Å². The summed E-state index contributed by atoms with van der Waals surface area (Å²) in [5.74, 6) is 0.122. The van der Waals surface area contributed by atoms with Gasteiger partial charge in [-0.15, -0.1) is 0 Å². The molecular weight excluding hydrogens is 436 g/mol. The van der Waals surface area contributed by atoms with Gasteiger partial charge in [-0.05, 0) is 43.2 Å². The average molecular weight is 456 g/mol. The summed E-state index contributed by atoms with van der Waals surface area (Å²) in [6, 6.07) is 8.88. The fourth-order valence-electron chi connectivity index (χ4n) is 3.56. The molecule has 1 aliphatic heterocycles. The maximum absolute atomic E-state index is 13.2. The van der Waals surface area contributed by atoms with Gasteiger partial charge in [0.1, 0.15) is 6.04 Å². The third-order valence-electron chi connectivity index (χ3n) is 5.17. The van der Waals surface area contributed by atoms with Crippen LogP contribution >= 0.6 is 0 Å². The van der Waals surface area contributed by atoms with E-state index < -0.39 is 26.9 Å². The zero-order valence-corrected chi connectivity index (χ0v) is 17.7. The van der Waals surface area contributed by atoms with E-state index in [0.29, 0.717) is 30.8 Å². The molecule has 3 heterocycles. The number of aromatic nitrogens is 3. The van der Waals surface area contributed by atoms with Crippen molar-refractivity contribution >= 4 is 27.3 Å². The molecule has 166 valence electrons. The Morgan fingerprint density at radius 2 is 1.94 bits per heavy atom. The Labute approximate surface area is 183 Å². The van der Waals surface area contributed by atoms with Crippen molar-refractivity contribution in [1.82, 2.24) is 19.1 Å². The lowest BCUT2D eigenvalue weighted by Gasteiger charge is -2.33. The second-order valence-corrected chi connectivity index (χ2v) is 9.11. The molecule has 0 bridgehead atoms. The van der Waals surface area contributed by atoms with Gasteiger partial charge in [-0.2, -0.15) is 9.40 Å². The number of nitro benzene ring substituents is 1. The van der Waals surface area contributed by atoms with Gasteiger partial charge in [0.05, 0.1) is 21.7 Å². The van der Waals surface area contributed by atoms with E-state index in [-0.39, 0.29) is 17.1 Å². The molecule has 0 aliphatic carbocycles. The number of anilines is 1. The Bertz CT molecular complexity index is 1210. The summed E-state index contributed by atoms with van der Waals surface area (Å²) in [5.41, 5.74) is 0.229. The van der Waals surface area contributed by atoms with E-state index in [1.54, 1.807) is 35.3 Å². The van der Waals surface area contributed by atoms with Crippen molar-refractivity contribution in [3.63, 3.8) is 0 Å². The third kappa shape index (κ3) is 4.36. The van der Waals surface area contributed by atoms with Gasteiger partial charge in [-0.3, -0.25) is 14.9 Å². The average Bonchev–Trinajstić information content (AvgIpc) is 3.34. The van der Waals surface area contributed by atoms with Gasteiger partial charge < -0.3 is 5.32 Å². The van der Waals surface area contributed by atoms with E-state index in [1.165, 1.54) is 22.6 Å². The quantitative estimate of drug-likeness (QED) is 0.443. The van der Waals surface area contributed by atoms with E-state index in [4.69, 9.17) is 0 Å². The SMILES string of the molecule is O=C(Nc1ccc(-n2cccn2)nc1)C1CCCCN1S(=O)(=O)c1ccc([N+](=O)[O-])cc1. The minimum Gasteiger partial charge on any atom is -0.323 e. The standard InChI is InChI=1S/C20H20N6O5S/c27-20(23-15-5-10-19(21-14-15)24-12-3-11-22-24)18-4-1-2-13-25(18)32(30,31)17-8-6-16(7-9-17)26(28)29/h3,5-12,14,18H,1-2,4,13H2,(H,23,27). The van der Waals surface area contributed by atoms with Crippen molar-refractivity contribution in [2.24, 2.45) is 0 Å². The molecule has 1 fully saturated rings. The van der Waals surface area contributed by atoms with Gasteiger partial charge in [-0.1, -0.05) is 6.42 Å². The lowest BCUT2D eigenvalue weighted by atomic mass is 10.0. The first-order chi connectivity index (χ1) is 15.4. The molecule has 11 nitrogen and oxygen atoms in total. The molecule has 0 spiro atoms. The molecule has 1 amide bonds. The summed E-state index contributed by atoms with van der Waals surface area (Å²) >= 11 is 0. The van der Waals surface area contributed by atoms with Gasteiger partial charge in [-0.25, -0.2) is 18.1 Å². The summed E-state index contributed by atoms with van der Waals surface area (Å²) in [6.07, 6.45) is 6.55. The number of non-ortho nitro benzene ring substituents is 1. The highest BCUT2D eigenvalue weighted by atomic mass is 32.2. The van der Waals surface area contributed by atoms with Crippen LogP contribution in [0.2, 0.25) is 0 Å². The van der Waals surface area contributed by atoms with Crippen molar-refractivity contribution in [1.29, 1.82) is 0 Å². The number of nitrogens with zero attached hydrogens (tertiary/aromatic N) is 5. The normalized spacial score (nSPS) is 17.1. The molecule has 1 unspecified atom stereocenters. The van der Waals surface area contributed by atoms with Crippen LogP contribution in [0.4, 0.5) is 11.4 Å². The highest BCUT2D eigenvalue weighted by molar-refractivity contribution is 7.89. The van der Waals surface area contributed by atoms with Gasteiger partial charge >= 0.3 is 0 Å². The van der Waals surface area contributed by atoms with Crippen LogP contribution in [0.5, 0.6) is 0 Å². The minimum absolute atomic E-state index is 0.0898. The van der Waals surface area contributed by atoms with Crippen molar-refractivity contribution in [2.45, 2.75) is 30.2 Å². The number of sulfonamides is 1. The molecule has 4 rings (SSSR count). The fraction of sp³-hybridized carbons (Fsp3) is 0.250. The van der Waals surface area contributed by atoms with Crippen LogP contribution in [-0.2, 0) is 14.8 Å². The number of carbonyl (C=O) groups is 1. The smallest absolute Gasteiger partial charge is 0.269 e. The van der Waals surface area contributed by atoms with Gasteiger partial charge in [0.15, 0.2) is 5.82 Å². The molecule has 1 aliphatic rings. The Kier molecular flexibility index (Phi) is 5.97. The van der Waals surface area contributed by atoms with E-state index in [2.05, 4.69) is 15.4 Å². The topological polar surface area (TPSA) is 140 Å². The number of pyridine rings is 1. The summed E-state index contributed by atoms with van der Waals surface area (Å²) in [6.45, 7) is 0.188. The number of hydrogen-bond donors (Lipinski definition) is 1.